The second-order valence-electron chi connectivity index (χ2n) is 6.33. The lowest BCUT2D eigenvalue weighted by atomic mass is 9.80. The first-order valence-electron chi connectivity index (χ1n) is 6.24. The minimum atomic E-state index is 0.0601. The van der Waals surface area contributed by atoms with Crippen LogP contribution in [0.4, 0.5) is 0 Å². The van der Waals surface area contributed by atoms with Crippen molar-refractivity contribution in [3.05, 3.63) is 0 Å². The average Bonchev–Trinajstić information content (AvgIpc) is 2.93. The lowest BCUT2D eigenvalue weighted by Gasteiger charge is -2.31. The summed E-state index contributed by atoms with van der Waals surface area (Å²) in [6, 6.07) is 0. The normalized spacial score (nSPS) is 34.0. The van der Waals surface area contributed by atoms with Crippen molar-refractivity contribution in [3.8, 4) is 0 Å². The van der Waals surface area contributed by atoms with Gasteiger partial charge < -0.3 is 9.84 Å². The van der Waals surface area contributed by atoms with Gasteiger partial charge in [-0.1, -0.05) is 6.92 Å². The van der Waals surface area contributed by atoms with Gasteiger partial charge in [0.2, 0.25) is 0 Å². The molecule has 0 aromatic rings. The Kier molecular flexibility index (Phi) is 2.85. The molecule has 0 spiro atoms. The minimum Gasteiger partial charge on any atom is -0.396 e. The highest BCUT2D eigenvalue weighted by molar-refractivity contribution is 4.94. The van der Waals surface area contributed by atoms with Gasteiger partial charge in [0.25, 0.3) is 0 Å². The Bertz CT molecular complexity index is 233. The number of aliphatic hydroxyl groups is 1. The summed E-state index contributed by atoms with van der Waals surface area (Å²) in [6.45, 7) is 6.87. The fourth-order valence-electron chi connectivity index (χ4n) is 2.88. The summed E-state index contributed by atoms with van der Waals surface area (Å²) in [4.78, 5) is 0. The zero-order chi connectivity index (χ0) is 11.1. The second-order valence-corrected chi connectivity index (χ2v) is 6.33. The molecule has 2 aliphatic rings. The third kappa shape index (κ3) is 2.54. The molecule has 0 aromatic carbocycles. The highest BCUT2D eigenvalue weighted by Gasteiger charge is 2.44. The van der Waals surface area contributed by atoms with E-state index in [0.717, 1.165) is 25.2 Å². The van der Waals surface area contributed by atoms with Crippen LogP contribution in [0.1, 0.15) is 52.9 Å². The quantitative estimate of drug-likeness (QED) is 0.776. The first kappa shape index (κ1) is 11.4. The van der Waals surface area contributed by atoms with Crippen LogP contribution in [0.25, 0.3) is 0 Å². The predicted molar refractivity (Wildman–Crippen MR) is 60.7 cm³/mol. The summed E-state index contributed by atoms with van der Waals surface area (Å²) in [5.41, 5.74) is 0.176. The molecule has 0 aromatic heterocycles. The Morgan fingerprint density at radius 2 is 2.00 bits per heavy atom. The van der Waals surface area contributed by atoms with Gasteiger partial charge in [0.15, 0.2) is 0 Å². The molecule has 2 heteroatoms. The topological polar surface area (TPSA) is 29.5 Å². The molecular formula is C13H24O2. The lowest BCUT2D eigenvalue weighted by molar-refractivity contribution is -0.0448. The van der Waals surface area contributed by atoms with Crippen LogP contribution in [0.3, 0.4) is 0 Å². The van der Waals surface area contributed by atoms with Gasteiger partial charge in [-0.2, -0.15) is 0 Å². The summed E-state index contributed by atoms with van der Waals surface area (Å²) in [6.07, 6.45) is 6.33. The van der Waals surface area contributed by atoms with Crippen molar-refractivity contribution >= 4 is 0 Å². The van der Waals surface area contributed by atoms with Crippen molar-refractivity contribution in [1.29, 1.82) is 0 Å². The molecule has 2 rings (SSSR count). The van der Waals surface area contributed by atoms with E-state index < -0.39 is 0 Å². The summed E-state index contributed by atoms with van der Waals surface area (Å²) < 4.78 is 6.01. The molecule has 0 radical (unpaired) electrons. The first-order chi connectivity index (χ1) is 6.95. The van der Waals surface area contributed by atoms with Crippen LogP contribution in [0.5, 0.6) is 0 Å². The molecule has 88 valence electrons. The van der Waals surface area contributed by atoms with Crippen molar-refractivity contribution in [2.24, 2.45) is 11.3 Å². The van der Waals surface area contributed by atoms with E-state index in [1.807, 2.05) is 0 Å². The van der Waals surface area contributed by atoms with Gasteiger partial charge in [-0.3, -0.25) is 0 Å². The zero-order valence-electron chi connectivity index (χ0n) is 10.3. The summed E-state index contributed by atoms with van der Waals surface area (Å²) in [7, 11) is 0. The Balaban J connectivity index is 1.90. The van der Waals surface area contributed by atoms with Gasteiger partial charge in [-0.15, -0.1) is 0 Å². The van der Waals surface area contributed by atoms with Gasteiger partial charge in [0.05, 0.1) is 11.7 Å². The van der Waals surface area contributed by atoms with E-state index in [2.05, 4.69) is 20.8 Å². The zero-order valence-corrected chi connectivity index (χ0v) is 10.3. The summed E-state index contributed by atoms with van der Waals surface area (Å²) in [5.74, 6) is 0.745. The molecule has 2 nitrogen and oxygen atoms in total. The van der Waals surface area contributed by atoms with Crippen molar-refractivity contribution in [2.45, 2.75) is 64.6 Å². The summed E-state index contributed by atoms with van der Waals surface area (Å²) in [5, 5.41) is 9.53. The van der Waals surface area contributed by atoms with Gasteiger partial charge in [0.1, 0.15) is 0 Å². The third-order valence-corrected chi connectivity index (χ3v) is 4.17. The fraction of sp³-hybridized carbons (Fsp3) is 1.00. The fourth-order valence-corrected chi connectivity index (χ4v) is 2.88. The van der Waals surface area contributed by atoms with Crippen molar-refractivity contribution < 1.29 is 9.84 Å². The SMILES string of the molecule is CC1(C)CCC(CC(C)(CO)C2CC2)O1. The molecule has 0 amide bonds. The van der Waals surface area contributed by atoms with Crippen LogP contribution in [-0.4, -0.2) is 23.4 Å². The van der Waals surface area contributed by atoms with E-state index >= 15 is 0 Å². The van der Waals surface area contributed by atoms with E-state index in [9.17, 15) is 5.11 Å². The van der Waals surface area contributed by atoms with Crippen LogP contribution in [0.2, 0.25) is 0 Å². The molecule has 0 bridgehead atoms. The standard InChI is InChI=1S/C13H24O2/c1-12(2)7-6-11(15-12)8-13(3,9-14)10-4-5-10/h10-11,14H,4-9H2,1-3H3. The monoisotopic (exact) mass is 212 g/mol. The van der Waals surface area contributed by atoms with Crippen molar-refractivity contribution in [2.75, 3.05) is 6.61 Å². The highest BCUT2D eigenvalue weighted by Crippen LogP contribution is 2.49. The molecule has 1 saturated heterocycles. The number of rotatable bonds is 4. The second kappa shape index (κ2) is 3.74. The average molecular weight is 212 g/mol. The van der Waals surface area contributed by atoms with Gasteiger partial charge in [-0.05, 0) is 57.3 Å². The maximum Gasteiger partial charge on any atom is 0.0631 e. The Morgan fingerprint density at radius 1 is 1.33 bits per heavy atom. The molecule has 1 saturated carbocycles. The first-order valence-corrected chi connectivity index (χ1v) is 6.24. The molecule has 1 N–H and O–H groups in total. The lowest BCUT2D eigenvalue weighted by Crippen LogP contribution is -2.30. The van der Waals surface area contributed by atoms with Gasteiger partial charge in [0, 0.05) is 6.61 Å². The minimum absolute atomic E-state index is 0.0601. The maximum absolute atomic E-state index is 9.53. The maximum atomic E-state index is 9.53. The van der Waals surface area contributed by atoms with Crippen molar-refractivity contribution in [1.82, 2.24) is 0 Å². The predicted octanol–water partition coefficient (Wildman–Crippen LogP) is 2.74. The van der Waals surface area contributed by atoms with Crippen LogP contribution >= 0.6 is 0 Å². The Morgan fingerprint density at radius 3 is 2.40 bits per heavy atom. The van der Waals surface area contributed by atoms with Crippen LogP contribution in [0, 0.1) is 11.3 Å². The van der Waals surface area contributed by atoms with E-state index in [1.54, 1.807) is 0 Å². The van der Waals surface area contributed by atoms with Crippen LogP contribution in [-0.2, 0) is 4.74 Å². The van der Waals surface area contributed by atoms with Crippen molar-refractivity contribution in [3.63, 3.8) is 0 Å². The van der Waals surface area contributed by atoms with E-state index in [1.165, 1.54) is 12.8 Å². The van der Waals surface area contributed by atoms with E-state index in [-0.39, 0.29) is 11.0 Å². The summed E-state index contributed by atoms with van der Waals surface area (Å²) >= 11 is 0. The Hall–Kier alpha value is -0.0800. The highest BCUT2D eigenvalue weighted by atomic mass is 16.5. The van der Waals surface area contributed by atoms with Gasteiger partial charge >= 0.3 is 0 Å². The van der Waals surface area contributed by atoms with Crippen LogP contribution in [0.15, 0.2) is 0 Å². The third-order valence-electron chi connectivity index (χ3n) is 4.17. The molecule has 2 fully saturated rings. The van der Waals surface area contributed by atoms with Crippen LogP contribution < -0.4 is 0 Å². The van der Waals surface area contributed by atoms with E-state index in [4.69, 9.17) is 4.74 Å². The molecule has 2 unspecified atom stereocenters. The number of ether oxygens (including phenoxy) is 1. The molecule has 15 heavy (non-hydrogen) atoms. The van der Waals surface area contributed by atoms with E-state index in [0.29, 0.717) is 12.7 Å². The Labute approximate surface area is 93.0 Å². The molecule has 1 heterocycles. The number of hydrogen-bond acceptors (Lipinski definition) is 2. The molecule has 1 aliphatic carbocycles. The molecule has 2 atom stereocenters. The molecule has 1 aliphatic heterocycles. The molecular weight excluding hydrogens is 188 g/mol. The number of hydrogen-bond donors (Lipinski definition) is 1. The largest absolute Gasteiger partial charge is 0.396 e. The smallest absolute Gasteiger partial charge is 0.0631 e. The number of aliphatic hydroxyl groups excluding tert-OH is 1. The van der Waals surface area contributed by atoms with Gasteiger partial charge in [-0.25, -0.2) is 0 Å².